The molecule has 1 fully saturated rings. The smallest absolute Gasteiger partial charge is 0.165 e. The van der Waals surface area contributed by atoms with Gasteiger partial charge < -0.3 is 5.32 Å². The maximum absolute atomic E-state index is 4.08. The number of tetrazole rings is 1. The van der Waals surface area contributed by atoms with Crippen molar-refractivity contribution in [2.75, 3.05) is 0 Å². The summed E-state index contributed by atoms with van der Waals surface area (Å²) < 4.78 is 1.96. The predicted molar refractivity (Wildman–Crippen MR) is 61.9 cm³/mol. The van der Waals surface area contributed by atoms with Crippen LogP contribution in [0.3, 0.4) is 0 Å². The van der Waals surface area contributed by atoms with Crippen molar-refractivity contribution < 1.29 is 0 Å². The van der Waals surface area contributed by atoms with E-state index in [1.165, 1.54) is 25.7 Å². The fourth-order valence-corrected chi connectivity index (χ4v) is 1.82. The molecule has 90 valence electrons. The number of hydrogen-bond donors (Lipinski definition) is 1. The van der Waals surface area contributed by atoms with Crippen LogP contribution in [0.25, 0.3) is 0 Å². The van der Waals surface area contributed by atoms with Gasteiger partial charge in [-0.25, -0.2) is 4.68 Å². The van der Waals surface area contributed by atoms with E-state index in [0.717, 1.165) is 18.8 Å². The number of hydrogen-bond acceptors (Lipinski definition) is 4. The van der Waals surface area contributed by atoms with Crippen LogP contribution in [0, 0.1) is 0 Å². The SMILES string of the molecule is CCCCC(C)n1nnnc1CNC1CC1. The van der Waals surface area contributed by atoms with Gasteiger partial charge in [-0.3, -0.25) is 0 Å². The van der Waals surface area contributed by atoms with Crippen LogP contribution in [0.1, 0.15) is 57.8 Å². The van der Waals surface area contributed by atoms with Crippen molar-refractivity contribution >= 4 is 0 Å². The molecule has 5 nitrogen and oxygen atoms in total. The normalized spacial score (nSPS) is 17.6. The number of nitrogens with one attached hydrogen (secondary N) is 1. The van der Waals surface area contributed by atoms with Gasteiger partial charge in [0.2, 0.25) is 0 Å². The summed E-state index contributed by atoms with van der Waals surface area (Å²) in [7, 11) is 0. The second-order valence-electron chi connectivity index (χ2n) is 4.69. The van der Waals surface area contributed by atoms with Crippen LogP contribution in [-0.4, -0.2) is 26.2 Å². The lowest BCUT2D eigenvalue weighted by Crippen LogP contribution is -2.20. The molecule has 16 heavy (non-hydrogen) atoms. The van der Waals surface area contributed by atoms with E-state index < -0.39 is 0 Å². The molecule has 0 aliphatic heterocycles. The molecule has 1 aliphatic rings. The highest BCUT2D eigenvalue weighted by Crippen LogP contribution is 2.19. The summed E-state index contributed by atoms with van der Waals surface area (Å²) in [4.78, 5) is 0. The van der Waals surface area contributed by atoms with Gasteiger partial charge in [-0.2, -0.15) is 0 Å². The van der Waals surface area contributed by atoms with Crippen LogP contribution in [0.5, 0.6) is 0 Å². The lowest BCUT2D eigenvalue weighted by Gasteiger charge is -2.12. The highest BCUT2D eigenvalue weighted by Gasteiger charge is 2.21. The monoisotopic (exact) mass is 223 g/mol. The third-order valence-corrected chi connectivity index (χ3v) is 3.08. The van der Waals surface area contributed by atoms with Gasteiger partial charge in [0.1, 0.15) is 0 Å². The molecule has 1 aromatic heterocycles. The number of rotatable bonds is 7. The molecule has 0 spiro atoms. The van der Waals surface area contributed by atoms with E-state index in [-0.39, 0.29) is 0 Å². The van der Waals surface area contributed by atoms with Gasteiger partial charge >= 0.3 is 0 Å². The van der Waals surface area contributed by atoms with Crippen molar-refractivity contribution in [1.82, 2.24) is 25.5 Å². The van der Waals surface area contributed by atoms with Crippen molar-refractivity contribution in [2.24, 2.45) is 0 Å². The lowest BCUT2D eigenvalue weighted by molar-refractivity contribution is 0.414. The molecule has 0 aromatic carbocycles. The minimum Gasteiger partial charge on any atom is -0.307 e. The Balaban J connectivity index is 1.88. The zero-order chi connectivity index (χ0) is 11.4. The standard InChI is InChI=1S/C11H21N5/c1-3-4-5-9(2)16-11(13-14-15-16)8-12-10-6-7-10/h9-10,12H,3-8H2,1-2H3. The van der Waals surface area contributed by atoms with Gasteiger partial charge in [0.15, 0.2) is 5.82 Å². The van der Waals surface area contributed by atoms with Crippen molar-refractivity contribution in [1.29, 1.82) is 0 Å². The summed E-state index contributed by atoms with van der Waals surface area (Å²) in [5, 5.41) is 15.4. The van der Waals surface area contributed by atoms with Gasteiger partial charge in [-0.1, -0.05) is 19.8 Å². The first-order valence-corrected chi connectivity index (χ1v) is 6.31. The molecule has 1 N–H and O–H groups in total. The van der Waals surface area contributed by atoms with Crippen molar-refractivity contribution in [3.8, 4) is 0 Å². The highest BCUT2D eigenvalue weighted by molar-refractivity contribution is 4.88. The van der Waals surface area contributed by atoms with Crippen LogP contribution in [0.15, 0.2) is 0 Å². The Morgan fingerprint density at radius 2 is 2.31 bits per heavy atom. The number of nitrogens with zero attached hydrogens (tertiary/aromatic N) is 4. The van der Waals surface area contributed by atoms with Gasteiger partial charge in [0.25, 0.3) is 0 Å². The Bertz CT molecular complexity index is 318. The molecule has 1 unspecified atom stereocenters. The topological polar surface area (TPSA) is 55.6 Å². The maximum Gasteiger partial charge on any atom is 0.165 e. The molecule has 5 heteroatoms. The average molecular weight is 223 g/mol. The summed E-state index contributed by atoms with van der Waals surface area (Å²) >= 11 is 0. The molecule has 1 saturated carbocycles. The number of aromatic nitrogens is 4. The van der Waals surface area contributed by atoms with E-state index in [1.54, 1.807) is 0 Å². The van der Waals surface area contributed by atoms with E-state index in [9.17, 15) is 0 Å². The molecule has 0 saturated heterocycles. The Morgan fingerprint density at radius 1 is 1.50 bits per heavy atom. The molecule has 0 amide bonds. The fraction of sp³-hybridized carbons (Fsp3) is 0.909. The summed E-state index contributed by atoms with van der Waals surface area (Å²) in [5.41, 5.74) is 0. The summed E-state index contributed by atoms with van der Waals surface area (Å²) in [6, 6.07) is 1.11. The van der Waals surface area contributed by atoms with Crippen molar-refractivity contribution in [2.45, 2.75) is 64.6 Å². The van der Waals surface area contributed by atoms with Gasteiger partial charge in [-0.05, 0) is 36.6 Å². The van der Waals surface area contributed by atoms with E-state index in [2.05, 4.69) is 34.7 Å². The van der Waals surface area contributed by atoms with Crippen LogP contribution >= 0.6 is 0 Å². The first-order valence-electron chi connectivity index (χ1n) is 6.31. The molecule has 2 rings (SSSR count). The van der Waals surface area contributed by atoms with E-state index in [0.29, 0.717) is 12.1 Å². The molecular weight excluding hydrogens is 202 g/mol. The predicted octanol–water partition coefficient (Wildman–Crippen LogP) is 1.68. The van der Waals surface area contributed by atoms with E-state index in [4.69, 9.17) is 0 Å². The zero-order valence-electron chi connectivity index (χ0n) is 10.2. The minimum atomic E-state index is 0.408. The first kappa shape index (κ1) is 11.5. The zero-order valence-corrected chi connectivity index (χ0v) is 10.2. The molecule has 0 radical (unpaired) electrons. The lowest BCUT2D eigenvalue weighted by atomic mass is 10.1. The van der Waals surface area contributed by atoms with E-state index >= 15 is 0 Å². The second kappa shape index (κ2) is 5.39. The largest absolute Gasteiger partial charge is 0.307 e. The van der Waals surface area contributed by atoms with Gasteiger partial charge in [0.05, 0.1) is 12.6 Å². The van der Waals surface area contributed by atoms with E-state index in [1.807, 2.05) is 4.68 Å². The Hall–Kier alpha value is -0.970. The molecular formula is C11H21N5. The van der Waals surface area contributed by atoms with Gasteiger partial charge in [0, 0.05) is 6.04 Å². The summed E-state index contributed by atoms with van der Waals surface area (Å²) in [6.45, 7) is 5.20. The van der Waals surface area contributed by atoms with Crippen LogP contribution in [0.2, 0.25) is 0 Å². The molecule has 1 heterocycles. The quantitative estimate of drug-likeness (QED) is 0.764. The first-order chi connectivity index (χ1) is 7.81. The fourth-order valence-electron chi connectivity index (χ4n) is 1.82. The molecule has 1 aliphatic carbocycles. The molecule has 1 aromatic rings. The minimum absolute atomic E-state index is 0.408. The molecule has 1 atom stereocenters. The third-order valence-electron chi connectivity index (χ3n) is 3.08. The van der Waals surface area contributed by atoms with Crippen LogP contribution in [0.4, 0.5) is 0 Å². The Kier molecular flexibility index (Phi) is 3.88. The van der Waals surface area contributed by atoms with Gasteiger partial charge in [-0.15, -0.1) is 5.10 Å². The summed E-state index contributed by atoms with van der Waals surface area (Å²) in [5.74, 6) is 0.968. The highest BCUT2D eigenvalue weighted by atomic mass is 15.6. The van der Waals surface area contributed by atoms with Crippen molar-refractivity contribution in [3.05, 3.63) is 5.82 Å². The maximum atomic E-state index is 4.08. The number of unbranched alkanes of at least 4 members (excludes halogenated alkanes) is 1. The van der Waals surface area contributed by atoms with Crippen LogP contribution in [-0.2, 0) is 6.54 Å². The third kappa shape index (κ3) is 3.01. The van der Waals surface area contributed by atoms with Crippen LogP contribution < -0.4 is 5.32 Å². The second-order valence-corrected chi connectivity index (χ2v) is 4.69. The molecule has 0 bridgehead atoms. The average Bonchev–Trinajstić information content (AvgIpc) is 3.00. The van der Waals surface area contributed by atoms with Crippen molar-refractivity contribution in [3.63, 3.8) is 0 Å². The Morgan fingerprint density at radius 3 is 3.00 bits per heavy atom. The summed E-state index contributed by atoms with van der Waals surface area (Å²) in [6.07, 6.45) is 6.20. The Labute approximate surface area is 96.6 Å².